The highest BCUT2D eigenvalue weighted by Crippen LogP contribution is 2.31. The summed E-state index contributed by atoms with van der Waals surface area (Å²) in [5, 5.41) is 0.965. The third-order valence-electron chi connectivity index (χ3n) is 3.83. The predicted molar refractivity (Wildman–Crippen MR) is 81.4 cm³/mol. The lowest BCUT2D eigenvalue weighted by molar-refractivity contribution is 0.340. The summed E-state index contributed by atoms with van der Waals surface area (Å²) in [5.74, 6) is 0.839. The zero-order valence-corrected chi connectivity index (χ0v) is 13.0. The van der Waals surface area contributed by atoms with Gasteiger partial charge in [-0.2, -0.15) is 16.1 Å². The second-order valence-corrected chi connectivity index (χ2v) is 8.33. The molecule has 0 spiro atoms. The van der Waals surface area contributed by atoms with Gasteiger partial charge in [0.25, 0.3) is 0 Å². The van der Waals surface area contributed by atoms with E-state index in [1.54, 1.807) is 28.8 Å². The van der Waals surface area contributed by atoms with Gasteiger partial charge in [-0.15, -0.1) is 0 Å². The number of nitrogens with zero attached hydrogens (tertiary/aromatic N) is 2. The van der Waals surface area contributed by atoms with Gasteiger partial charge >= 0.3 is 0 Å². The summed E-state index contributed by atoms with van der Waals surface area (Å²) in [6.45, 7) is 4.61. The number of rotatable bonds is 2. The number of aromatic amines is 1. The minimum Gasteiger partial charge on any atom is -0.345 e. The highest BCUT2D eigenvalue weighted by atomic mass is 32.2. The number of fused-ring (bicyclic) bond motifs is 1. The topological polar surface area (TPSA) is 66.1 Å². The first-order chi connectivity index (χ1) is 9.51. The summed E-state index contributed by atoms with van der Waals surface area (Å²) in [7, 11) is -3.48. The molecule has 2 atom stereocenters. The summed E-state index contributed by atoms with van der Waals surface area (Å²) >= 11 is 1.82. The molecular formula is C13H17N3O2S2. The number of thioether (sulfide) groups is 1. The van der Waals surface area contributed by atoms with E-state index in [0.29, 0.717) is 27.7 Å². The molecular weight excluding hydrogens is 294 g/mol. The van der Waals surface area contributed by atoms with Crippen LogP contribution in [0.25, 0.3) is 11.0 Å². The average Bonchev–Trinajstić information content (AvgIpc) is 2.86. The standard InChI is InChI=1S/C13H17N3O2S2/c1-9-10(2)19-7-6-16(9)20(17,18)12-8-15-13-11(12)4-3-5-14-13/h3-5,8-10H,6-7H2,1-2H3,(H,14,15)/t9-,10+/m1/s1. The molecule has 3 rings (SSSR count). The Balaban J connectivity index is 2.08. The molecule has 0 bridgehead atoms. The molecule has 2 aromatic heterocycles. The van der Waals surface area contributed by atoms with Gasteiger partial charge in [-0.05, 0) is 19.1 Å². The van der Waals surface area contributed by atoms with Crippen LogP contribution in [0.15, 0.2) is 29.4 Å². The Morgan fingerprint density at radius 1 is 1.45 bits per heavy atom. The van der Waals surface area contributed by atoms with Gasteiger partial charge in [0.1, 0.15) is 10.5 Å². The SMILES string of the molecule is C[C@@H]1SCCN(S(=O)(=O)c2c[nH]c3ncccc23)[C@@H]1C. The van der Waals surface area contributed by atoms with E-state index in [4.69, 9.17) is 0 Å². The monoisotopic (exact) mass is 311 g/mol. The number of H-pyrrole nitrogens is 1. The van der Waals surface area contributed by atoms with Crippen LogP contribution in [0.2, 0.25) is 0 Å². The molecule has 3 heterocycles. The third-order valence-corrected chi connectivity index (χ3v) is 7.19. The molecule has 0 aliphatic carbocycles. The molecule has 0 saturated carbocycles. The maximum Gasteiger partial charge on any atom is 0.245 e. The molecule has 1 saturated heterocycles. The van der Waals surface area contributed by atoms with E-state index in [1.807, 2.05) is 18.7 Å². The Hall–Kier alpha value is -1.05. The summed E-state index contributed by atoms with van der Waals surface area (Å²) in [5.41, 5.74) is 0.609. The Bertz CT molecular complexity index is 726. The van der Waals surface area contributed by atoms with Crippen LogP contribution in [-0.4, -0.2) is 46.3 Å². The second kappa shape index (κ2) is 5.05. The molecule has 1 fully saturated rings. The lowest BCUT2D eigenvalue weighted by Gasteiger charge is -2.36. The fourth-order valence-electron chi connectivity index (χ4n) is 2.52. The van der Waals surface area contributed by atoms with Gasteiger partial charge in [-0.3, -0.25) is 0 Å². The van der Waals surface area contributed by atoms with Crippen molar-refractivity contribution in [2.45, 2.75) is 30.0 Å². The van der Waals surface area contributed by atoms with E-state index in [9.17, 15) is 8.42 Å². The van der Waals surface area contributed by atoms with Crippen molar-refractivity contribution in [3.63, 3.8) is 0 Å². The maximum absolute atomic E-state index is 12.9. The zero-order chi connectivity index (χ0) is 14.3. The summed E-state index contributed by atoms with van der Waals surface area (Å²) in [6, 6.07) is 3.55. The van der Waals surface area contributed by atoms with Crippen molar-refractivity contribution in [2.24, 2.45) is 0 Å². The van der Waals surface area contributed by atoms with Crippen molar-refractivity contribution in [3.8, 4) is 0 Å². The van der Waals surface area contributed by atoms with E-state index in [0.717, 1.165) is 5.75 Å². The van der Waals surface area contributed by atoms with Crippen LogP contribution in [0.3, 0.4) is 0 Å². The molecule has 0 amide bonds. The first kappa shape index (κ1) is 13.9. The largest absolute Gasteiger partial charge is 0.345 e. The van der Waals surface area contributed by atoms with E-state index in [1.165, 1.54) is 0 Å². The normalized spacial score (nSPS) is 25.1. The highest BCUT2D eigenvalue weighted by molar-refractivity contribution is 8.00. The van der Waals surface area contributed by atoms with Gasteiger partial charge in [-0.25, -0.2) is 13.4 Å². The lowest BCUT2D eigenvalue weighted by atomic mass is 10.2. The predicted octanol–water partition coefficient (Wildman–Crippen LogP) is 2.08. The van der Waals surface area contributed by atoms with Crippen molar-refractivity contribution < 1.29 is 8.42 Å². The van der Waals surface area contributed by atoms with E-state index < -0.39 is 10.0 Å². The van der Waals surface area contributed by atoms with E-state index >= 15 is 0 Å². The van der Waals surface area contributed by atoms with Gasteiger partial charge in [-0.1, -0.05) is 6.92 Å². The summed E-state index contributed by atoms with van der Waals surface area (Å²) in [6.07, 6.45) is 3.20. The molecule has 0 aromatic carbocycles. The van der Waals surface area contributed by atoms with Crippen LogP contribution in [0, 0.1) is 0 Å². The highest BCUT2D eigenvalue weighted by Gasteiger charge is 2.36. The minimum absolute atomic E-state index is 0.000344. The number of nitrogens with one attached hydrogen (secondary N) is 1. The fourth-order valence-corrected chi connectivity index (χ4v) is 5.66. The van der Waals surface area contributed by atoms with Gasteiger partial charge in [0, 0.05) is 41.4 Å². The number of aromatic nitrogens is 2. The van der Waals surface area contributed by atoms with Crippen molar-refractivity contribution in [3.05, 3.63) is 24.5 Å². The minimum atomic E-state index is -3.48. The molecule has 1 aliphatic rings. The molecule has 0 radical (unpaired) electrons. The third kappa shape index (κ3) is 2.13. The quantitative estimate of drug-likeness (QED) is 0.922. The van der Waals surface area contributed by atoms with Crippen LogP contribution in [0.4, 0.5) is 0 Å². The van der Waals surface area contributed by atoms with E-state index in [-0.39, 0.29) is 6.04 Å². The van der Waals surface area contributed by atoms with Crippen LogP contribution in [0.1, 0.15) is 13.8 Å². The molecule has 20 heavy (non-hydrogen) atoms. The molecule has 0 unspecified atom stereocenters. The van der Waals surface area contributed by atoms with Gasteiger partial charge < -0.3 is 4.98 Å². The van der Waals surface area contributed by atoms with Crippen LogP contribution in [0.5, 0.6) is 0 Å². The van der Waals surface area contributed by atoms with Crippen LogP contribution < -0.4 is 0 Å². The number of hydrogen-bond acceptors (Lipinski definition) is 4. The van der Waals surface area contributed by atoms with Crippen molar-refractivity contribution in [1.82, 2.24) is 14.3 Å². The van der Waals surface area contributed by atoms with Crippen molar-refractivity contribution in [2.75, 3.05) is 12.3 Å². The first-order valence-corrected chi connectivity index (χ1v) is 9.06. The van der Waals surface area contributed by atoms with Crippen LogP contribution in [-0.2, 0) is 10.0 Å². The first-order valence-electron chi connectivity index (χ1n) is 6.57. The number of sulfonamides is 1. The molecule has 1 aliphatic heterocycles. The Labute approximate surface area is 122 Å². The molecule has 108 valence electrons. The van der Waals surface area contributed by atoms with Crippen molar-refractivity contribution in [1.29, 1.82) is 0 Å². The van der Waals surface area contributed by atoms with E-state index in [2.05, 4.69) is 16.9 Å². The average molecular weight is 311 g/mol. The van der Waals surface area contributed by atoms with Crippen LogP contribution >= 0.6 is 11.8 Å². The number of pyridine rings is 1. The molecule has 2 aromatic rings. The lowest BCUT2D eigenvalue weighted by Crippen LogP contribution is -2.47. The zero-order valence-electron chi connectivity index (χ0n) is 11.4. The Morgan fingerprint density at radius 2 is 2.25 bits per heavy atom. The van der Waals surface area contributed by atoms with Crippen molar-refractivity contribution >= 4 is 32.8 Å². The van der Waals surface area contributed by atoms with Gasteiger partial charge in [0.2, 0.25) is 10.0 Å². The maximum atomic E-state index is 12.9. The van der Waals surface area contributed by atoms with Gasteiger partial charge in [0.05, 0.1) is 0 Å². The Kier molecular flexibility index (Phi) is 3.51. The molecule has 7 heteroatoms. The molecule has 1 N–H and O–H groups in total. The van der Waals surface area contributed by atoms with Gasteiger partial charge in [0.15, 0.2) is 0 Å². The summed E-state index contributed by atoms with van der Waals surface area (Å²) < 4.78 is 27.4. The smallest absolute Gasteiger partial charge is 0.245 e. The fraction of sp³-hybridized carbons (Fsp3) is 0.462. The molecule has 5 nitrogen and oxygen atoms in total. The number of hydrogen-bond donors (Lipinski definition) is 1. The summed E-state index contributed by atoms with van der Waals surface area (Å²) in [4.78, 5) is 7.41. The second-order valence-electron chi connectivity index (χ2n) is 4.98. The Morgan fingerprint density at radius 3 is 3.05 bits per heavy atom.